The van der Waals surface area contributed by atoms with Crippen molar-refractivity contribution >= 4 is 59.8 Å². The second kappa shape index (κ2) is 13.6. The minimum Gasteiger partial charge on any atom is -0.462 e. The fourth-order valence-corrected chi connectivity index (χ4v) is 7.71. The highest BCUT2D eigenvalue weighted by Gasteiger charge is 2.27. The Morgan fingerprint density at radius 2 is 1.63 bits per heavy atom. The van der Waals surface area contributed by atoms with Crippen molar-refractivity contribution in [1.29, 1.82) is 0 Å². The van der Waals surface area contributed by atoms with Crippen molar-refractivity contribution in [1.82, 2.24) is 9.29 Å². The molecule has 2 heterocycles. The standard InChI is InChI=1S/C28H31N3O7S3/c1-5-38-28(33)24-18(2)23(26-29-21-8-6-7-9-22(21)39-26)27(40-24)30-25(32)19-10-12-20(13-11-19)41(34,35)31(14-16-36-3)15-17-37-4/h6-13H,5,14-17H2,1-4H3,(H,30,32). The Balaban J connectivity index is 1.64. The minimum atomic E-state index is -3.83. The SMILES string of the molecule is CCOC(=O)c1sc(NC(=O)c2ccc(S(=O)(=O)N(CCOC)CCOC)cc2)c(-c2nc3ccccc3s2)c1C. The highest BCUT2D eigenvalue weighted by molar-refractivity contribution is 7.89. The monoisotopic (exact) mass is 617 g/mol. The number of aromatic nitrogens is 1. The van der Waals surface area contributed by atoms with Crippen LogP contribution >= 0.6 is 22.7 Å². The van der Waals surface area contributed by atoms with Crippen LogP contribution in [0.2, 0.25) is 0 Å². The van der Waals surface area contributed by atoms with E-state index < -0.39 is 21.9 Å². The van der Waals surface area contributed by atoms with Crippen LogP contribution in [0.3, 0.4) is 0 Å². The van der Waals surface area contributed by atoms with E-state index in [2.05, 4.69) is 5.32 Å². The average Bonchev–Trinajstić information content (AvgIpc) is 3.53. The first-order valence-corrected chi connectivity index (χ1v) is 15.8. The van der Waals surface area contributed by atoms with Gasteiger partial charge in [-0.15, -0.1) is 22.7 Å². The summed E-state index contributed by atoms with van der Waals surface area (Å²) in [4.78, 5) is 31.2. The third kappa shape index (κ3) is 6.83. The van der Waals surface area contributed by atoms with Crippen molar-refractivity contribution in [3.63, 3.8) is 0 Å². The van der Waals surface area contributed by atoms with Gasteiger partial charge in [0.15, 0.2) is 0 Å². The smallest absolute Gasteiger partial charge is 0.348 e. The molecule has 10 nitrogen and oxygen atoms in total. The Hall–Kier alpha value is -3.20. The summed E-state index contributed by atoms with van der Waals surface area (Å²) in [6.07, 6.45) is 0. The Morgan fingerprint density at radius 3 is 2.24 bits per heavy atom. The van der Waals surface area contributed by atoms with Gasteiger partial charge in [0.25, 0.3) is 5.91 Å². The Kier molecular flexibility index (Phi) is 10.2. The molecule has 13 heteroatoms. The normalized spacial score (nSPS) is 11.7. The van der Waals surface area contributed by atoms with Gasteiger partial charge in [-0.05, 0) is 55.8 Å². The van der Waals surface area contributed by atoms with Crippen molar-refractivity contribution in [3.05, 3.63) is 64.5 Å². The average molecular weight is 618 g/mol. The highest BCUT2D eigenvalue weighted by atomic mass is 32.2. The maximum atomic E-state index is 13.3. The first kappa shape index (κ1) is 30.8. The third-order valence-electron chi connectivity index (χ3n) is 6.19. The molecule has 0 aliphatic rings. The number of thiophene rings is 1. The van der Waals surface area contributed by atoms with Gasteiger partial charge in [-0.25, -0.2) is 18.2 Å². The van der Waals surface area contributed by atoms with Gasteiger partial charge >= 0.3 is 5.97 Å². The number of nitrogens with one attached hydrogen (secondary N) is 1. The predicted octanol–water partition coefficient (Wildman–Crippen LogP) is 5.05. The van der Waals surface area contributed by atoms with Crippen LogP contribution in [0.5, 0.6) is 0 Å². The number of anilines is 1. The van der Waals surface area contributed by atoms with Crippen LogP contribution in [0.15, 0.2) is 53.4 Å². The van der Waals surface area contributed by atoms with E-state index in [-0.39, 0.29) is 43.4 Å². The second-order valence-corrected chi connectivity index (χ2v) is 12.8. The number of carbonyl (C=O) groups is 2. The lowest BCUT2D eigenvalue weighted by molar-refractivity contribution is 0.0531. The van der Waals surface area contributed by atoms with Gasteiger partial charge in [0.2, 0.25) is 10.0 Å². The number of hydrogen-bond donors (Lipinski definition) is 1. The number of thiazole rings is 1. The Morgan fingerprint density at radius 1 is 0.976 bits per heavy atom. The van der Waals surface area contributed by atoms with Gasteiger partial charge < -0.3 is 19.5 Å². The fraction of sp³-hybridized carbons (Fsp3) is 0.321. The number of nitrogens with zero attached hydrogens (tertiary/aromatic N) is 2. The maximum Gasteiger partial charge on any atom is 0.348 e. The lowest BCUT2D eigenvalue weighted by atomic mass is 10.1. The number of hydrogen-bond acceptors (Lipinski definition) is 10. The molecule has 0 saturated carbocycles. The molecule has 2 aromatic carbocycles. The number of fused-ring (bicyclic) bond motifs is 1. The molecule has 4 rings (SSSR count). The van der Waals surface area contributed by atoms with E-state index in [0.717, 1.165) is 21.6 Å². The molecule has 0 saturated heterocycles. The van der Waals surface area contributed by atoms with Crippen LogP contribution < -0.4 is 5.32 Å². The molecule has 0 aliphatic carbocycles. The largest absolute Gasteiger partial charge is 0.462 e. The molecule has 0 radical (unpaired) electrons. The Bertz CT molecular complexity index is 1590. The van der Waals surface area contributed by atoms with Crippen LogP contribution in [-0.2, 0) is 24.2 Å². The number of ether oxygens (including phenoxy) is 3. The van der Waals surface area contributed by atoms with E-state index in [1.807, 2.05) is 24.3 Å². The van der Waals surface area contributed by atoms with E-state index in [1.54, 1.807) is 13.8 Å². The number of carbonyl (C=O) groups excluding carboxylic acids is 2. The van der Waals surface area contributed by atoms with Gasteiger partial charge in [-0.3, -0.25) is 4.79 Å². The molecule has 41 heavy (non-hydrogen) atoms. The van der Waals surface area contributed by atoms with E-state index in [0.29, 0.717) is 26.0 Å². The van der Waals surface area contributed by atoms with Crippen LogP contribution in [-0.4, -0.2) is 76.7 Å². The van der Waals surface area contributed by atoms with Crippen molar-refractivity contribution < 1.29 is 32.2 Å². The number of benzene rings is 2. The van der Waals surface area contributed by atoms with E-state index in [9.17, 15) is 18.0 Å². The second-order valence-electron chi connectivity index (χ2n) is 8.84. The predicted molar refractivity (Wildman–Crippen MR) is 161 cm³/mol. The van der Waals surface area contributed by atoms with Gasteiger partial charge in [-0.2, -0.15) is 4.31 Å². The lowest BCUT2D eigenvalue weighted by Gasteiger charge is -2.21. The van der Waals surface area contributed by atoms with Crippen molar-refractivity contribution in [2.45, 2.75) is 18.7 Å². The number of methoxy groups -OCH3 is 2. The fourth-order valence-electron chi connectivity index (χ4n) is 4.07. The zero-order chi connectivity index (χ0) is 29.6. The van der Waals surface area contributed by atoms with Gasteiger partial charge in [-0.1, -0.05) is 12.1 Å². The third-order valence-corrected chi connectivity index (χ3v) is 10.3. The number of sulfonamides is 1. The highest BCUT2D eigenvalue weighted by Crippen LogP contribution is 2.43. The first-order valence-electron chi connectivity index (χ1n) is 12.8. The summed E-state index contributed by atoms with van der Waals surface area (Å²) >= 11 is 2.58. The summed E-state index contributed by atoms with van der Waals surface area (Å²) in [7, 11) is -0.831. The van der Waals surface area contributed by atoms with Crippen LogP contribution in [0.4, 0.5) is 5.00 Å². The van der Waals surface area contributed by atoms with Gasteiger partial charge in [0.1, 0.15) is 14.9 Å². The summed E-state index contributed by atoms with van der Waals surface area (Å²) in [5.74, 6) is -0.928. The van der Waals surface area contributed by atoms with Gasteiger partial charge in [0.05, 0.1) is 34.9 Å². The zero-order valence-corrected chi connectivity index (χ0v) is 25.6. The summed E-state index contributed by atoms with van der Waals surface area (Å²) in [5, 5.41) is 4.03. The summed E-state index contributed by atoms with van der Waals surface area (Å²) in [6, 6.07) is 13.4. The lowest BCUT2D eigenvalue weighted by Crippen LogP contribution is -2.36. The molecule has 1 amide bonds. The number of rotatable bonds is 13. The number of esters is 1. The molecule has 0 bridgehead atoms. The molecule has 0 atom stereocenters. The van der Waals surface area contributed by atoms with Crippen LogP contribution in [0, 0.1) is 6.92 Å². The molecular formula is C28H31N3O7S3. The molecular weight excluding hydrogens is 587 g/mol. The molecule has 2 aromatic heterocycles. The van der Waals surface area contributed by atoms with Crippen LogP contribution in [0.25, 0.3) is 20.8 Å². The summed E-state index contributed by atoms with van der Waals surface area (Å²) in [6.45, 7) is 4.55. The molecule has 1 N–H and O–H groups in total. The number of amides is 1. The molecule has 0 fully saturated rings. The quantitative estimate of drug-likeness (QED) is 0.207. The topological polar surface area (TPSA) is 124 Å². The van der Waals surface area contributed by atoms with Crippen molar-refractivity contribution in [3.8, 4) is 10.6 Å². The summed E-state index contributed by atoms with van der Waals surface area (Å²) < 4.78 is 44.0. The number of para-hydroxylation sites is 1. The molecule has 4 aromatic rings. The summed E-state index contributed by atoms with van der Waals surface area (Å²) in [5.41, 5.74) is 2.38. The van der Waals surface area contributed by atoms with Gasteiger partial charge in [0, 0.05) is 38.4 Å². The minimum absolute atomic E-state index is 0.0491. The van der Waals surface area contributed by atoms with Crippen molar-refractivity contribution in [2.75, 3.05) is 52.4 Å². The zero-order valence-electron chi connectivity index (χ0n) is 23.1. The molecule has 0 aliphatic heterocycles. The van der Waals surface area contributed by atoms with E-state index in [1.165, 1.54) is 54.1 Å². The van der Waals surface area contributed by atoms with E-state index in [4.69, 9.17) is 19.2 Å². The molecule has 218 valence electrons. The molecule has 0 spiro atoms. The Labute approximate surface area is 246 Å². The molecule has 0 unspecified atom stereocenters. The van der Waals surface area contributed by atoms with E-state index >= 15 is 0 Å². The first-order chi connectivity index (χ1) is 19.7. The van der Waals surface area contributed by atoms with Crippen molar-refractivity contribution in [2.24, 2.45) is 0 Å². The maximum absolute atomic E-state index is 13.3. The van der Waals surface area contributed by atoms with Crippen LogP contribution in [0.1, 0.15) is 32.5 Å².